The lowest BCUT2D eigenvalue weighted by atomic mass is 10.1. The number of carbonyl (C=O) groups is 4. The number of unbranched alkanes of at least 4 members (excludes halogenated alkanes) is 21. The Labute approximate surface area is 556 Å². The molecule has 0 aliphatic rings. The molecular formula is C73H124O17P2. The minimum atomic E-state index is -4.98. The van der Waals surface area contributed by atoms with Gasteiger partial charge in [0.25, 0.3) is 0 Å². The lowest BCUT2D eigenvalue weighted by Crippen LogP contribution is -2.30. The fourth-order valence-corrected chi connectivity index (χ4v) is 10.4. The van der Waals surface area contributed by atoms with E-state index in [0.717, 1.165) is 161 Å². The van der Waals surface area contributed by atoms with Gasteiger partial charge in [0.2, 0.25) is 0 Å². The fourth-order valence-electron chi connectivity index (χ4n) is 8.78. The summed E-state index contributed by atoms with van der Waals surface area (Å²) in [5, 5.41) is 10.6. The van der Waals surface area contributed by atoms with E-state index in [4.69, 9.17) is 37.0 Å². The highest BCUT2D eigenvalue weighted by atomic mass is 31.2. The summed E-state index contributed by atoms with van der Waals surface area (Å²) >= 11 is 0. The maximum Gasteiger partial charge on any atom is 0.472 e. The van der Waals surface area contributed by atoms with Crippen LogP contribution in [0.5, 0.6) is 0 Å². The van der Waals surface area contributed by atoms with Gasteiger partial charge in [-0.1, -0.05) is 227 Å². The smallest absolute Gasteiger partial charge is 0.462 e. The van der Waals surface area contributed by atoms with E-state index in [1.54, 1.807) is 0 Å². The summed E-state index contributed by atoms with van der Waals surface area (Å²) in [4.78, 5) is 72.5. The van der Waals surface area contributed by atoms with E-state index >= 15 is 0 Å². The highest BCUT2D eigenvalue weighted by molar-refractivity contribution is 7.47. The standard InChI is InChI=1S/C73H124O17P2/c1-5-9-13-17-21-25-29-31-32-33-34-36-39-42-46-50-54-58-71(76)84-64-69(90-73(78)60-56-52-48-44-40-35-30-26-22-18-14-10-6-2)66-88-92(81,82)86-62-67(74)61-85-91(79,80)87-65-68(89-72(77)59-55-51-47-43-38-28-24-20-16-12-8-4)63-83-70(75)57-53-49-45-41-37-27-23-19-15-11-7-3/h9,13-14,18-21,23-26,30-32,34,36,42,46,67-69,74H,5-8,10-12,15-17,22,27-29,33,35,37-41,43-45,47-66H2,1-4H3,(H,79,80)(H,81,82)/b13-9-,18-14-,23-19-,24-20-,25-21-,30-26-,32-31-,36-34-,46-42-. The Bertz CT molecular complexity index is 2180. The Kier molecular flexibility index (Phi) is 62.3. The Balaban J connectivity index is 5.38. The third-order valence-corrected chi connectivity index (χ3v) is 16.1. The quantitative estimate of drug-likeness (QED) is 0.0169. The van der Waals surface area contributed by atoms with Gasteiger partial charge in [-0.3, -0.25) is 37.3 Å². The molecule has 0 spiro atoms. The molecule has 0 aromatic rings. The summed E-state index contributed by atoms with van der Waals surface area (Å²) in [7, 11) is -9.96. The highest BCUT2D eigenvalue weighted by Crippen LogP contribution is 2.45. The average Bonchev–Trinajstić information content (AvgIpc) is 2.89. The molecule has 5 unspecified atom stereocenters. The Morgan fingerprint density at radius 3 is 0.967 bits per heavy atom. The molecule has 5 atom stereocenters. The van der Waals surface area contributed by atoms with Gasteiger partial charge < -0.3 is 33.8 Å². The summed E-state index contributed by atoms with van der Waals surface area (Å²) < 4.78 is 68.1. The first-order chi connectivity index (χ1) is 44.7. The van der Waals surface area contributed by atoms with E-state index in [9.17, 15) is 43.2 Å². The van der Waals surface area contributed by atoms with Crippen LogP contribution in [0, 0.1) is 0 Å². The summed E-state index contributed by atoms with van der Waals surface area (Å²) in [6, 6.07) is 0. The van der Waals surface area contributed by atoms with E-state index in [2.05, 4.69) is 125 Å². The first-order valence-electron chi connectivity index (χ1n) is 35.1. The summed E-state index contributed by atoms with van der Waals surface area (Å²) in [6.07, 6.45) is 66.9. The van der Waals surface area contributed by atoms with Crippen molar-refractivity contribution < 1.29 is 80.2 Å². The number of allylic oxidation sites excluding steroid dienone is 18. The molecule has 0 aliphatic heterocycles. The van der Waals surface area contributed by atoms with Crippen molar-refractivity contribution in [1.29, 1.82) is 0 Å². The van der Waals surface area contributed by atoms with Crippen molar-refractivity contribution in [2.75, 3.05) is 39.6 Å². The molecular weight excluding hydrogens is 1210 g/mol. The van der Waals surface area contributed by atoms with Crippen molar-refractivity contribution in [2.45, 2.75) is 290 Å². The Morgan fingerprint density at radius 1 is 0.315 bits per heavy atom. The lowest BCUT2D eigenvalue weighted by Gasteiger charge is -2.21. The molecule has 0 heterocycles. The van der Waals surface area contributed by atoms with Crippen LogP contribution in [0.1, 0.15) is 272 Å². The molecule has 0 saturated heterocycles. The van der Waals surface area contributed by atoms with Crippen molar-refractivity contribution in [2.24, 2.45) is 0 Å². The number of hydrogen-bond acceptors (Lipinski definition) is 15. The monoisotopic (exact) mass is 1330 g/mol. The van der Waals surface area contributed by atoms with Crippen molar-refractivity contribution >= 4 is 39.5 Å². The molecule has 0 fully saturated rings. The minimum Gasteiger partial charge on any atom is -0.462 e. The number of hydrogen-bond donors (Lipinski definition) is 3. The zero-order chi connectivity index (χ0) is 67.5. The van der Waals surface area contributed by atoms with Crippen LogP contribution in [0.2, 0.25) is 0 Å². The number of rotatable bonds is 65. The second-order valence-electron chi connectivity index (χ2n) is 23.1. The van der Waals surface area contributed by atoms with E-state index in [1.165, 1.54) is 25.7 Å². The van der Waals surface area contributed by atoms with Gasteiger partial charge in [0, 0.05) is 25.7 Å². The van der Waals surface area contributed by atoms with Gasteiger partial charge in [0.1, 0.15) is 19.3 Å². The second-order valence-corrected chi connectivity index (χ2v) is 26.0. The molecule has 0 aromatic heterocycles. The topological polar surface area (TPSA) is 237 Å². The van der Waals surface area contributed by atoms with Gasteiger partial charge in [-0.15, -0.1) is 0 Å². The van der Waals surface area contributed by atoms with Crippen LogP contribution in [-0.2, 0) is 65.4 Å². The molecule has 0 aromatic carbocycles. The zero-order valence-electron chi connectivity index (χ0n) is 57.2. The van der Waals surface area contributed by atoms with Crippen LogP contribution in [-0.4, -0.2) is 96.7 Å². The SMILES string of the molecule is CC/C=C\C/C=C\C/C=C\C/C=C\C/C=C\CCCC(=O)OCC(COP(=O)(O)OCC(O)COP(=O)(O)OCC(COC(=O)CCCCCCC/C=C\CCCC)OC(=O)CCCCCCC/C=C\CCCC)OC(=O)CCCCCCC/C=C\C/C=C\CCC. The number of ether oxygens (including phenoxy) is 4. The van der Waals surface area contributed by atoms with Crippen molar-refractivity contribution in [3.63, 3.8) is 0 Å². The van der Waals surface area contributed by atoms with Gasteiger partial charge in [-0.25, -0.2) is 9.13 Å². The maximum absolute atomic E-state index is 13.0. The number of esters is 4. The summed E-state index contributed by atoms with van der Waals surface area (Å²) in [5.74, 6) is -2.28. The lowest BCUT2D eigenvalue weighted by molar-refractivity contribution is -0.161. The number of carbonyl (C=O) groups excluding carboxylic acids is 4. The Hall–Kier alpha value is -4.28. The number of aliphatic hydroxyl groups is 1. The largest absolute Gasteiger partial charge is 0.472 e. The number of phosphoric ester groups is 2. The molecule has 0 aliphatic carbocycles. The first-order valence-corrected chi connectivity index (χ1v) is 38.1. The van der Waals surface area contributed by atoms with Crippen LogP contribution in [0.4, 0.5) is 0 Å². The third-order valence-electron chi connectivity index (χ3n) is 14.2. The average molecular weight is 1340 g/mol. The van der Waals surface area contributed by atoms with Crippen LogP contribution in [0.25, 0.3) is 0 Å². The summed E-state index contributed by atoms with van der Waals surface area (Å²) in [6.45, 7) is 4.48. The molecule has 0 amide bonds. The predicted octanol–water partition coefficient (Wildman–Crippen LogP) is 19.4. The second kappa shape index (κ2) is 65.4. The van der Waals surface area contributed by atoms with Crippen LogP contribution < -0.4 is 0 Å². The minimum absolute atomic E-state index is 0.0646. The molecule has 0 rings (SSSR count). The van der Waals surface area contributed by atoms with Crippen molar-refractivity contribution in [1.82, 2.24) is 0 Å². The van der Waals surface area contributed by atoms with Gasteiger partial charge in [-0.05, 0) is 128 Å². The van der Waals surface area contributed by atoms with Gasteiger partial charge >= 0.3 is 39.5 Å². The predicted molar refractivity (Wildman–Crippen MR) is 372 cm³/mol. The van der Waals surface area contributed by atoms with E-state index in [0.29, 0.717) is 32.1 Å². The molecule has 92 heavy (non-hydrogen) atoms. The van der Waals surface area contributed by atoms with E-state index in [-0.39, 0.29) is 25.7 Å². The maximum atomic E-state index is 13.0. The van der Waals surface area contributed by atoms with Crippen molar-refractivity contribution in [3.8, 4) is 0 Å². The first kappa shape index (κ1) is 87.7. The fraction of sp³-hybridized carbons (Fsp3) is 0.699. The van der Waals surface area contributed by atoms with Crippen LogP contribution in [0.15, 0.2) is 109 Å². The zero-order valence-corrected chi connectivity index (χ0v) is 59.0. The van der Waals surface area contributed by atoms with Crippen LogP contribution in [0.3, 0.4) is 0 Å². The molecule has 0 bridgehead atoms. The highest BCUT2D eigenvalue weighted by Gasteiger charge is 2.30. The van der Waals surface area contributed by atoms with Gasteiger partial charge in [0.05, 0.1) is 26.4 Å². The molecule has 0 radical (unpaired) electrons. The van der Waals surface area contributed by atoms with Crippen LogP contribution >= 0.6 is 15.6 Å². The van der Waals surface area contributed by atoms with E-state index < -0.39 is 97.5 Å². The van der Waals surface area contributed by atoms with Gasteiger partial charge in [0.15, 0.2) is 12.2 Å². The molecule has 3 N–H and O–H groups in total. The van der Waals surface area contributed by atoms with Crippen molar-refractivity contribution in [3.05, 3.63) is 109 Å². The molecule has 19 heteroatoms. The normalized spacial score (nSPS) is 14.7. The third kappa shape index (κ3) is 64.4. The Morgan fingerprint density at radius 2 is 0.598 bits per heavy atom. The number of phosphoric acid groups is 2. The molecule has 0 saturated carbocycles. The van der Waals surface area contributed by atoms with E-state index in [1.807, 2.05) is 12.2 Å². The summed E-state index contributed by atoms with van der Waals surface area (Å²) in [5.41, 5.74) is 0. The number of aliphatic hydroxyl groups excluding tert-OH is 1. The van der Waals surface area contributed by atoms with Gasteiger partial charge in [-0.2, -0.15) is 0 Å². The molecule has 17 nitrogen and oxygen atoms in total. The molecule has 528 valence electrons.